The van der Waals surface area contributed by atoms with E-state index in [4.69, 9.17) is 0 Å². The van der Waals surface area contributed by atoms with Crippen LogP contribution in [0.5, 0.6) is 5.75 Å². The van der Waals surface area contributed by atoms with Crippen LogP contribution in [0.1, 0.15) is 0 Å². The highest BCUT2D eigenvalue weighted by Gasteiger charge is 2.44. The van der Waals surface area contributed by atoms with Gasteiger partial charge in [0.05, 0.1) is 19.7 Å². The molecule has 0 aromatic heterocycles. The second kappa shape index (κ2) is 4.47. The first kappa shape index (κ1) is 13.7. The van der Waals surface area contributed by atoms with Gasteiger partial charge in [-0.2, -0.15) is 0 Å². The number of hydrogen-bond acceptors (Lipinski definition) is 9. The second-order valence-electron chi connectivity index (χ2n) is 2.99. The lowest BCUT2D eigenvalue weighted by molar-refractivity contribution is -0.443. The number of phenolic OH excluding ortho intramolecular Hbond substituents is 1. The molecule has 0 saturated heterocycles. The Balaban J connectivity index is 3.94. The predicted molar refractivity (Wildman–Crippen MR) is 54.7 cm³/mol. The van der Waals surface area contributed by atoms with Crippen molar-refractivity contribution in [3.05, 3.63) is 46.5 Å². The van der Waals surface area contributed by atoms with Gasteiger partial charge in [0, 0.05) is 0 Å². The molecule has 100 valence electrons. The van der Waals surface area contributed by atoms with Gasteiger partial charge in [0.15, 0.2) is 0 Å². The molecule has 0 amide bonds. The highest BCUT2D eigenvalue weighted by atomic mass is 16.7. The lowest BCUT2D eigenvalue weighted by Gasteiger charge is -2.00. The minimum absolute atomic E-state index is 0.0838. The zero-order valence-electron chi connectivity index (χ0n) is 8.58. The molecule has 0 unspecified atom stereocenters. The van der Waals surface area contributed by atoms with E-state index in [-0.39, 0.29) is 6.07 Å². The molecule has 0 bridgehead atoms. The SMILES string of the molecule is O=[N+]([O-])c1cc([N+](=O)[O-])c([N+](=O)[O-])c([N+](=O)[O-])c1O. The molecule has 1 aromatic carbocycles. The van der Waals surface area contributed by atoms with Crippen LogP contribution in [-0.4, -0.2) is 24.8 Å². The van der Waals surface area contributed by atoms with Gasteiger partial charge in [0.2, 0.25) is 0 Å². The van der Waals surface area contributed by atoms with Gasteiger partial charge >= 0.3 is 22.7 Å². The van der Waals surface area contributed by atoms with E-state index in [2.05, 4.69) is 0 Å². The summed E-state index contributed by atoms with van der Waals surface area (Å²) in [4.78, 5) is 36.5. The monoisotopic (exact) mass is 274 g/mol. The van der Waals surface area contributed by atoms with Crippen LogP contribution in [0.3, 0.4) is 0 Å². The molecule has 0 aliphatic heterocycles. The Morgan fingerprint density at radius 2 is 1.16 bits per heavy atom. The van der Waals surface area contributed by atoms with E-state index in [0.717, 1.165) is 0 Å². The highest BCUT2D eigenvalue weighted by molar-refractivity contribution is 5.77. The largest absolute Gasteiger partial charge is 0.497 e. The van der Waals surface area contributed by atoms with E-state index in [1.807, 2.05) is 0 Å². The minimum Gasteiger partial charge on any atom is -0.497 e. The van der Waals surface area contributed by atoms with Crippen molar-refractivity contribution in [2.24, 2.45) is 0 Å². The molecule has 0 aliphatic carbocycles. The fourth-order valence-corrected chi connectivity index (χ4v) is 1.25. The number of nitrogens with zero attached hydrogens (tertiary/aromatic N) is 4. The molecule has 13 nitrogen and oxygen atoms in total. The molecule has 1 rings (SSSR count). The first-order valence-electron chi connectivity index (χ1n) is 4.16. The molecular weight excluding hydrogens is 272 g/mol. The van der Waals surface area contributed by atoms with Crippen LogP contribution < -0.4 is 0 Å². The first-order valence-corrected chi connectivity index (χ1v) is 4.16. The summed E-state index contributed by atoms with van der Waals surface area (Å²) in [5.74, 6) is -1.62. The van der Waals surface area contributed by atoms with E-state index < -0.39 is 48.2 Å². The quantitative estimate of drug-likeness (QED) is 0.615. The number of rotatable bonds is 4. The van der Waals surface area contributed by atoms with Crippen LogP contribution in [0.2, 0.25) is 0 Å². The van der Waals surface area contributed by atoms with E-state index in [1.54, 1.807) is 0 Å². The molecule has 0 saturated carbocycles. The number of phenols is 1. The van der Waals surface area contributed by atoms with E-state index >= 15 is 0 Å². The van der Waals surface area contributed by atoms with Crippen molar-refractivity contribution in [1.82, 2.24) is 0 Å². The van der Waals surface area contributed by atoms with Crippen molar-refractivity contribution in [1.29, 1.82) is 0 Å². The van der Waals surface area contributed by atoms with Crippen molar-refractivity contribution < 1.29 is 24.8 Å². The predicted octanol–water partition coefficient (Wildman–Crippen LogP) is 1.02. The molecule has 19 heavy (non-hydrogen) atoms. The minimum atomic E-state index is -1.70. The summed E-state index contributed by atoms with van der Waals surface area (Å²) in [5.41, 5.74) is -6.16. The third-order valence-electron chi connectivity index (χ3n) is 1.97. The average molecular weight is 274 g/mol. The Bertz CT molecular complexity index is 624. The van der Waals surface area contributed by atoms with Crippen molar-refractivity contribution in [3.8, 4) is 5.75 Å². The van der Waals surface area contributed by atoms with E-state index in [9.17, 15) is 45.6 Å². The highest BCUT2D eigenvalue weighted by Crippen LogP contribution is 2.47. The van der Waals surface area contributed by atoms with Crippen LogP contribution in [0.25, 0.3) is 0 Å². The topological polar surface area (TPSA) is 193 Å². The Morgan fingerprint density at radius 3 is 1.47 bits per heavy atom. The van der Waals surface area contributed by atoms with Gasteiger partial charge < -0.3 is 5.11 Å². The molecule has 0 fully saturated rings. The summed E-state index contributed by atoms with van der Waals surface area (Å²) in [6.45, 7) is 0. The van der Waals surface area contributed by atoms with Crippen molar-refractivity contribution >= 4 is 22.7 Å². The molecule has 0 aliphatic rings. The van der Waals surface area contributed by atoms with E-state index in [1.165, 1.54) is 0 Å². The van der Waals surface area contributed by atoms with Gasteiger partial charge in [-0.25, -0.2) is 0 Å². The van der Waals surface area contributed by atoms with Gasteiger partial charge in [0.25, 0.3) is 5.75 Å². The van der Waals surface area contributed by atoms with Crippen LogP contribution in [-0.2, 0) is 0 Å². The van der Waals surface area contributed by atoms with Crippen LogP contribution in [0.4, 0.5) is 22.7 Å². The molecule has 1 N–H and O–H groups in total. The van der Waals surface area contributed by atoms with Gasteiger partial charge in [-0.3, -0.25) is 40.5 Å². The zero-order valence-corrected chi connectivity index (χ0v) is 8.58. The molecule has 1 aromatic rings. The van der Waals surface area contributed by atoms with Crippen molar-refractivity contribution in [3.63, 3.8) is 0 Å². The van der Waals surface area contributed by atoms with Gasteiger partial charge in [-0.15, -0.1) is 0 Å². The van der Waals surface area contributed by atoms with Crippen LogP contribution >= 0.6 is 0 Å². The Kier molecular flexibility index (Phi) is 3.22. The number of nitro benzene ring substituents is 4. The molecule has 13 heteroatoms. The van der Waals surface area contributed by atoms with Crippen molar-refractivity contribution in [2.45, 2.75) is 0 Å². The second-order valence-corrected chi connectivity index (χ2v) is 2.99. The summed E-state index contributed by atoms with van der Waals surface area (Å²) < 4.78 is 0. The van der Waals surface area contributed by atoms with Gasteiger partial charge in [-0.1, -0.05) is 0 Å². The van der Waals surface area contributed by atoms with Crippen molar-refractivity contribution in [2.75, 3.05) is 0 Å². The summed E-state index contributed by atoms with van der Waals surface area (Å²) in [5, 5.41) is 51.5. The maximum absolute atomic E-state index is 10.6. The molecule has 0 radical (unpaired) electrons. The number of benzene rings is 1. The van der Waals surface area contributed by atoms with Gasteiger partial charge in [-0.05, 0) is 0 Å². The Labute approximate surface area is 101 Å². The standard InChI is InChI=1S/C6H2N4O9/c11-6-3(8(14)15)1-2(7(12)13)4(9(16)17)5(6)10(18)19/h1,11H. The zero-order chi connectivity index (χ0) is 14.9. The first-order chi connectivity index (χ1) is 8.68. The lowest BCUT2D eigenvalue weighted by atomic mass is 10.2. The van der Waals surface area contributed by atoms with Gasteiger partial charge in [0.1, 0.15) is 6.07 Å². The fourth-order valence-electron chi connectivity index (χ4n) is 1.25. The average Bonchev–Trinajstić information content (AvgIpc) is 2.26. The third kappa shape index (κ3) is 2.19. The summed E-state index contributed by atoms with van der Waals surface area (Å²) in [6.07, 6.45) is 0. The summed E-state index contributed by atoms with van der Waals surface area (Å²) in [6, 6.07) is 0.0838. The number of hydrogen-bond donors (Lipinski definition) is 1. The summed E-state index contributed by atoms with van der Waals surface area (Å²) >= 11 is 0. The molecule has 0 atom stereocenters. The summed E-state index contributed by atoms with van der Waals surface area (Å²) in [7, 11) is 0. The molecule has 0 spiro atoms. The number of aromatic hydroxyl groups is 1. The maximum atomic E-state index is 10.6. The normalized spacial score (nSPS) is 9.89. The Morgan fingerprint density at radius 1 is 0.737 bits per heavy atom. The van der Waals surface area contributed by atoms with E-state index in [0.29, 0.717) is 0 Å². The Hall–Kier alpha value is -3.38. The van der Waals surface area contributed by atoms with Crippen LogP contribution in [0.15, 0.2) is 6.07 Å². The maximum Gasteiger partial charge on any atom is 0.426 e. The van der Waals surface area contributed by atoms with Crippen LogP contribution in [0, 0.1) is 40.5 Å². The smallest absolute Gasteiger partial charge is 0.426 e. The fraction of sp³-hybridized carbons (Fsp3) is 0. The molecular formula is C6H2N4O9. The lowest BCUT2D eigenvalue weighted by Crippen LogP contribution is -2.03. The third-order valence-corrected chi connectivity index (χ3v) is 1.97. The number of nitro groups is 4. The molecule has 0 heterocycles.